The number of ether oxygens (including phenoxy) is 2. The van der Waals surface area contributed by atoms with Gasteiger partial charge in [-0.25, -0.2) is 15.0 Å². The molecule has 0 radical (unpaired) electrons. The van der Waals surface area contributed by atoms with Crippen LogP contribution in [0.25, 0.3) is 23.0 Å². The number of halogens is 7. The molecule has 0 aliphatic heterocycles. The maximum atomic E-state index is 12.1. The Bertz CT molecular complexity index is 1950. The average Bonchev–Trinajstić information content (AvgIpc) is 3.56. The van der Waals surface area contributed by atoms with Crippen molar-refractivity contribution in [2.24, 2.45) is 10.9 Å². The smallest absolute Gasteiger partial charge is 0.476 e. The Labute approximate surface area is 274 Å². The van der Waals surface area contributed by atoms with Gasteiger partial charge < -0.3 is 30.0 Å². The first-order chi connectivity index (χ1) is 23.9. The molecule has 0 aliphatic rings. The van der Waals surface area contributed by atoms with Crippen molar-refractivity contribution in [1.29, 1.82) is 0 Å². The van der Waals surface area contributed by atoms with Gasteiger partial charge in [-0.15, -0.1) is 26.3 Å². The van der Waals surface area contributed by atoms with E-state index in [9.17, 15) is 45.1 Å². The number of nitrogens with zero attached hydrogens (tertiary/aromatic N) is 5. The maximum absolute atomic E-state index is 12.1. The van der Waals surface area contributed by atoms with Crippen LogP contribution in [0.1, 0.15) is 17.4 Å². The van der Waals surface area contributed by atoms with Crippen LogP contribution in [0.3, 0.4) is 0 Å². The summed E-state index contributed by atoms with van der Waals surface area (Å²) >= 11 is 0. The number of carbonyl (C=O) groups is 1. The molecule has 0 amide bonds. The summed E-state index contributed by atoms with van der Waals surface area (Å²) in [7, 11) is -1.00. The van der Waals surface area contributed by atoms with Crippen molar-refractivity contribution in [3.8, 4) is 34.5 Å². The van der Waals surface area contributed by atoms with Gasteiger partial charge in [-0.05, 0) is 60.7 Å². The van der Waals surface area contributed by atoms with Gasteiger partial charge in [0.05, 0.1) is 8.52 Å². The van der Waals surface area contributed by atoms with E-state index >= 15 is 0 Å². The number of alkyl halides is 7. The molecule has 16 nitrogen and oxygen atoms in total. The first-order valence-corrected chi connectivity index (χ1v) is 12.7. The fourth-order valence-corrected chi connectivity index (χ4v) is 3.06. The van der Waals surface area contributed by atoms with Gasteiger partial charge >= 0.3 is 18.7 Å². The molecule has 0 spiro atoms. The van der Waals surface area contributed by atoms with Gasteiger partial charge in [0.25, 0.3) is 17.0 Å². The van der Waals surface area contributed by atoms with E-state index < -0.39 is 31.4 Å². The third kappa shape index (κ3) is 13.5. The highest BCUT2D eigenvalue weighted by Gasteiger charge is 2.31. The number of aromatic carboxylic acids is 1. The Morgan fingerprint density at radius 2 is 1.36 bits per heavy atom. The molecule has 0 atom stereocenters. The van der Waals surface area contributed by atoms with Crippen LogP contribution in [-0.4, -0.2) is 72.5 Å². The van der Waals surface area contributed by atoms with E-state index in [4.69, 9.17) is 21.9 Å². The number of rotatable bonds is 6. The number of aromatic nitrogens is 6. The molecule has 2 aromatic carbocycles. The Balaban J connectivity index is 0.000000276. The molecular weight excluding hydrogens is 697 g/mol. The first-order valence-electron chi connectivity index (χ1n) is 13.4. The third-order valence-corrected chi connectivity index (χ3v) is 5.06. The van der Waals surface area contributed by atoms with Crippen LogP contribution in [-0.2, 0) is 0 Å². The van der Waals surface area contributed by atoms with E-state index in [0.29, 0.717) is 11.1 Å². The number of H-pyrrole nitrogens is 2. The Morgan fingerprint density at radius 1 is 0.860 bits per heavy atom. The van der Waals surface area contributed by atoms with Crippen LogP contribution in [0.2, 0.25) is 0 Å². The molecule has 3 aromatic heterocycles. The van der Waals surface area contributed by atoms with Gasteiger partial charge in [0, 0.05) is 23.3 Å². The SMILES string of the molecule is N/C(=N\O)c1ccc(OC(F)(F)F)cc1.O=C(O)c1ccc(=O)[nH]n1.O=c1ccc(-c2nc(-c3ccc(OC(F)(F)F)cc3)no2)n[nH]1.[2H]CF. The van der Waals surface area contributed by atoms with Gasteiger partial charge in [0.15, 0.2) is 11.5 Å². The minimum absolute atomic E-state index is 0.0619. The Kier molecular flexibility index (Phi) is 13.5. The minimum Gasteiger partial charge on any atom is -0.476 e. The normalized spacial score (nSPS) is 11.3. The minimum atomic E-state index is -4.75. The Hall–Kier alpha value is -6.81. The number of oxime groups is 1. The number of benzene rings is 2. The molecule has 266 valence electrons. The second kappa shape index (κ2) is 17.9. The van der Waals surface area contributed by atoms with Crippen LogP contribution in [0, 0.1) is 0 Å². The lowest BCUT2D eigenvalue weighted by Crippen LogP contribution is -2.17. The van der Waals surface area contributed by atoms with Gasteiger partial charge in [0.1, 0.15) is 17.2 Å². The summed E-state index contributed by atoms with van der Waals surface area (Å²) in [4.78, 5) is 35.5. The molecule has 0 fully saturated rings. The van der Waals surface area contributed by atoms with E-state index in [1.54, 1.807) is 0 Å². The van der Waals surface area contributed by atoms with E-state index in [1.807, 2.05) is 5.10 Å². The van der Waals surface area contributed by atoms with Gasteiger partial charge in [-0.1, -0.05) is 10.3 Å². The summed E-state index contributed by atoms with van der Waals surface area (Å²) in [5, 5.41) is 34.2. The summed E-state index contributed by atoms with van der Waals surface area (Å²) in [6.07, 6.45) is -9.48. The van der Waals surface area contributed by atoms with Crippen molar-refractivity contribution >= 4 is 11.8 Å². The van der Waals surface area contributed by atoms with Crippen molar-refractivity contribution in [2.75, 3.05) is 7.15 Å². The lowest BCUT2D eigenvalue weighted by molar-refractivity contribution is -0.275. The Morgan fingerprint density at radius 3 is 1.78 bits per heavy atom. The number of nitrogens with one attached hydrogen (secondary N) is 2. The van der Waals surface area contributed by atoms with Crippen molar-refractivity contribution in [2.45, 2.75) is 12.7 Å². The van der Waals surface area contributed by atoms with E-state index in [2.05, 4.69) is 40.1 Å². The summed E-state index contributed by atoms with van der Waals surface area (Å²) in [6, 6.07) is 14.5. The summed E-state index contributed by atoms with van der Waals surface area (Å²) in [5.74, 6) is -1.84. The number of hydrogen-bond donors (Lipinski definition) is 5. The fourth-order valence-electron chi connectivity index (χ4n) is 3.06. The van der Waals surface area contributed by atoms with Crippen LogP contribution in [0.5, 0.6) is 11.5 Å². The van der Waals surface area contributed by atoms with Crippen LogP contribution >= 0.6 is 0 Å². The highest BCUT2D eigenvalue weighted by molar-refractivity contribution is 5.97. The zero-order chi connectivity index (χ0) is 38.2. The predicted molar refractivity (Wildman–Crippen MR) is 155 cm³/mol. The summed E-state index contributed by atoms with van der Waals surface area (Å²) in [5.41, 5.74) is 5.24. The molecule has 3 heterocycles. The highest BCUT2D eigenvalue weighted by atomic mass is 19.4. The molecule has 6 N–H and O–H groups in total. The van der Waals surface area contributed by atoms with Crippen LogP contribution in [0.4, 0.5) is 30.7 Å². The number of carboxylic acids is 1. The zero-order valence-corrected chi connectivity index (χ0v) is 24.4. The average molecular weight is 720 g/mol. The first kappa shape index (κ1) is 37.6. The molecule has 0 saturated carbocycles. The molecule has 5 rings (SSSR count). The summed E-state index contributed by atoms with van der Waals surface area (Å²) in [6.45, 7) is 0. The van der Waals surface area contributed by atoms with Crippen molar-refractivity contribution in [1.82, 2.24) is 30.5 Å². The van der Waals surface area contributed by atoms with Gasteiger partial charge in [0.2, 0.25) is 5.82 Å². The molecule has 0 aliphatic carbocycles. The van der Waals surface area contributed by atoms with E-state index in [1.165, 1.54) is 36.4 Å². The van der Waals surface area contributed by atoms with Crippen molar-refractivity contribution in [3.63, 3.8) is 0 Å². The van der Waals surface area contributed by atoms with Gasteiger partial charge in [-0.2, -0.15) is 15.2 Å². The quantitative estimate of drug-likeness (QED) is 0.0546. The predicted octanol–water partition coefficient (Wildman–Crippen LogP) is 4.12. The molecule has 50 heavy (non-hydrogen) atoms. The zero-order valence-electron chi connectivity index (χ0n) is 25.4. The number of amidine groups is 1. The van der Waals surface area contributed by atoms with Crippen molar-refractivity contribution < 1.29 is 61.2 Å². The van der Waals surface area contributed by atoms with E-state index in [0.717, 1.165) is 36.4 Å². The molecule has 23 heteroatoms. The van der Waals surface area contributed by atoms with E-state index in [-0.39, 0.29) is 46.0 Å². The van der Waals surface area contributed by atoms with Crippen molar-refractivity contribution in [3.05, 3.63) is 105 Å². The van der Waals surface area contributed by atoms with Gasteiger partial charge in [-0.3, -0.25) is 14.0 Å². The number of carboxylic acid groups (broad SMARTS) is 1. The molecule has 0 unspecified atom stereocenters. The largest absolute Gasteiger partial charge is 0.573 e. The number of aromatic amines is 2. The standard InChI is InChI=1S/C13H7F3N4O3.C8H7F3N2O2.C5H4N2O3.CH3F/c14-13(15,16)22-8-3-1-7(2-4-8)11-17-12(23-20-11)9-5-6-10(21)19-18-9;9-8(10,11)15-6-3-1-5(2-4-6)7(12)13-14;8-4-2-1-3(5(9)10)6-7-4;1-2/h1-6H,(H,19,21);1-4,14H,(H2,12,13);1-2H,(H,7,8)(H,9,10);1H3/i;;;1D. The molecule has 0 saturated heterocycles. The topological polar surface area (TPSA) is 245 Å². The maximum Gasteiger partial charge on any atom is 0.573 e. The monoisotopic (exact) mass is 719 g/mol. The second-order valence-corrected chi connectivity index (χ2v) is 8.47. The van der Waals surface area contributed by atoms with Crippen LogP contribution in [0.15, 0.2) is 92.1 Å². The molecule has 5 aromatic rings. The van der Waals surface area contributed by atoms with Crippen LogP contribution < -0.4 is 26.3 Å². The summed E-state index contributed by atoms with van der Waals surface area (Å²) < 4.78 is 99.4. The highest BCUT2D eigenvalue weighted by Crippen LogP contribution is 2.26. The molecular formula is C27H21F7N8O8. The second-order valence-electron chi connectivity index (χ2n) is 8.47. The lowest BCUT2D eigenvalue weighted by atomic mass is 10.2. The number of nitrogens with two attached hydrogens (primary N) is 1. The fraction of sp³-hybridized carbons (Fsp3) is 0.111. The number of hydrogen-bond acceptors (Lipinski definition) is 12. The third-order valence-electron chi connectivity index (χ3n) is 5.06. The molecule has 0 bridgehead atoms. The lowest BCUT2D eigenvalue weighted by Gasteiger charge is -2.08.